The highest BCUT2D eigenvalue weighted by Crippen LogP contribution is 2.31. The highest BCUT2D eigenvalue weighted by atomic mass is 32.1. The van der Waals surface area contributed by atoms with Crippen LogP contribution < -0.4 is 10.6 Å². The molecule has 2 N–H and O–H groups in total. The number of likely N-dealkylation sites (N-methyl/N-ethyl adjacent to an activating group) is 2. The second-order valence-electron chi connectivity index (χ2n) is 7.89. The summed E-state index contributed by atoms with van der Waals surface area (Å²) < 4.78 is 5.20. The summed E-state index contributed by atoms with van der Waals surface area (Å²) >= 11 is 1.73. The molecule has 37 heavy (non-hydrogen) atoms. The van der Waals surface area contributed by atoms with Gasteiger partial charge in [-0.3, -0.25) is 4.99 Å². The summed E-state index contributed by atoms with van der Waals surface area (Å²) in [5.41, 5.74) is 4.93. The third-order valence-corrected chi connectivity index (χ3v) is 6.74. The number of thiophene rings is 1. The molecule has 7 nitrogen and oxygen atoms in total. The van der Waals surface area contributed by atoms with Gasteiger partial charge in [-0.25, -0.2) is 9.98 Å². The van der Waals surface area contributed by atoms with Crippen molar-refractivity contribution in [2.24, 2.45) is 15.0 Å². The molecule has 0 radical (unpaired) electrons. The van der Waals surface area contributed by atoms with Crippen molar-refractivity contribution in [2.75, 3.05) is 41.4 Å². The van der Waals surface area contributed by atoms with Crippen LogP contribution in [-0.2, 0) is 11.3 Å². The van der Waals surface area contributed by atoms with Gasteiger partial charge in [0.05, 0.1) is 13.2 Å². The molecule has 1 aromatic rings. The summed E-state index contributed by atoms with van der Waals surface area (Å²) in [6.45, 7) is 20.1. The molecule has 0 unspecified atom stereocenters. The van der Waals surface area contributed by atoms with Crippen molar-refractivity contribution in [1.82, 2.24) is 15.5 Å². The minimum absolute atomic E-state index is 0.619. The first-order valence-electron chi connectivity index (χ1n) is 12.1. The SMILES string of the molecule is C=C/N=C(NCc1ccc(C(=C/C)/C(C)=C(C=C)/C(=N\C=N/C)NC)s1)\C(=C/C)C(=C)N(C)CCOC. The standard InChI is InChI=1S/C29H42N6OS/c1-11-24(21(5)25(12-2)28(31-8)34-20-30-7)27-16-15-23(37-27)19-33-29(32-14-4)26(13-3)22(6)35(9)17-18-36-10/h11-16,20H,2,4,6,17-19H2,1,3,5,7-10H3,(H,32,33)(H,30,31,34)/b24-11+,25-21+,26-13-. The number of ether oxygens (including phenoxy) is 1. The Labute approximate surface area is 227 Å². The molecule has 0 atom stereocenters. The van der Waals surface area contributed by atoms with Crippen LogP contribution in [0, 0.1) is 0 Å². The second-order valence-corrected chi connectivity index (χ2v) is 9.06. The molecule has 8 heteroatoms. The fourth-order valence-corrected chi connectivity index (χ4v) is 4.68. The maximum absolute atomic E-state index is 5.20. The number of aliphatic imine (C=N–C) groups is 3. The molecule has 1 rings (SSSR count). The van der Waals surface area contributed by atoms with Crippen molar-refractivity contribution in [3.8, 4) is 0 Å². The molecular weight excluding hydrogens is 480 g/mol. The molecule has 0 bridgehead atoms. The number of hydrogen-bond donors (Lipinski definition) is 2. The maximum Gasteiger partial charge on any atom is 0.135 e. The zero-order valence-electron chi connectivity index (χ0n) is 23.4. The zero-order valence-corrected chi connectivity index (χ0v) is 24.2. The van der Waals surface area contributed by atoms with E-state index in [1.807, 2.05) is 40.1 Å². The third-order valence-electron chi connectivity index (χ3n) is 5.62. The molecule has 0 spiro atoms. The predicted octanol–water partition coefficient (Wildman–Crippen LogP) is 5.60. The first-order chi connectivity index (χ1) is 17.8. The first-order valence-corrected chi connectivity index (χ1v) is 12.9. The fraction of sp³-hybridized carbons (Fsp3) is 0.345. The Morgan fingerprint density at radius 2 is 1.89 bits per heavy atom. The first kappa shape index (κ1) is 31.5. The molecule has 0 fully saturated rings. The number of nitrogens with zero attached hydrogens (tertiary/aromatic N) is 4. The molecular formula is C29H42N6OS. The fourth-order valence-electron chi connectivity index (χ4n) is 3.60. The van der Waals surface area contributed by atoms with Crippen LogP contribution >= 0.6 is 11.3 Å². The van der Waals surface area contributed by atoms with Crippen molar-refractivity contribution in [3.05, 3.63) is 88.5 Å². The molecule has 0 saturated carbocycles. The second kappa shape index (κ2) is 17.1. The van der Waals surface area contributed by atoms with E-state index in [0.29, 0.717) is 13.2 Å². The summed E-state index contributed by atoms with van der Waals surface area (Å²) in [5, 5.41) is 6.62. The molecule has 1 aromatic heterocycles. The van der Waals surface area contributed by atoms with Crippen molar-refractivity contribution in [2.45, 2.75) is 27.3 Å². The van der Waals surface area contributed by atoms with Crippen LogP contribution in [0.15, 0.2) is 93.7 Å². The van der Waals surface area contributed by atoms with Crippen LogP contribution in [0.3, 0.4) is 0 Å². The smallest absolute Gasteiger partial charge is 0.135 e. The van der Waals surface area contributed by atoms with Crippen LogP contribution in [0.4, 0.5) is 0 Å². The van der Waals surface area contributed by atoms with Gasteiger partial charge in [0, 0.05) is 67.6 Å². The maximum atomic E-state index is 5.20. The van der Waals surface area contributed by atoms with Crippen molar-refractivity contribution in [3.63, 3.8) is 0 Å². The lowest BCUT2D eigenvalue weighted by atomic mass is 9.99. The zero-order chi connectivity index (χ0) is 27.8. The summed E-state index contributed by atoms with van der Waals surface area (Å²) in [6.07, 6.45) is 9.01. The van der Waals surface area contributed by atoms with Gasteiger partial charge in [-0.1, -0.05) is 38.0 Å². The minimum atomic E-state index is 0.619. The Morgan fingerprint density at radius 3 is 2.43 bits per heavy atom. The quantitative estimate of drug-likeness (QED) is 0.190. The van der Waals surface area contributed by atoms with E-state index in [9.17, 15) is 0 Å². The number of rotatable bonds is 14. The lowest BCUT2D eigenvalue weighted by Gasteiger charge is -2.24. The van der Waals surface area contributed by atoms with Crippen LogP contribution in [0.1, 0.15) is 30.5 Å². The summed E-state index contributed by atoms with van der Waals surface area (Å²) in [7, 11) is 7.22. The molecule has 0 saturated heterocycles. The van der Waals surface area contributed by atoms with Gasteiger partial charge in [-0.2, -0.15) is 0 Å². The normalized spacial score (nSPS) is 13.9. The van der Waals surface area contributed by atoms with Gasteiger partial charge in [0.15, 0.2) is 0 Å². The van der Waals surface area contributed by atoms with E-state index in [4.69, 9.17) is 4.74 Å². The van der Waals surface area contributed by atoms with E-state index < -0.39 is 0 Å². The van der Waals surface area contributed by atoms with Gasteiger partial charge in [-0.05, 0) is 44.1 Å². The van der Waals surface area contributed by atoms with Gasteiger partial charge in [0.1, 0.15) is 18.0 Å². The molecule has 0 aliphatic rings. The van der Waals surface area contributed by atoms with Crippen LogP contribution in [0.5, 0.6) is 0 Å². The van der Waals surface area contributed by atoms with Gasteiger partial charge >= 0.3 is 0 Å². The summed E-state index contributed by atoms with van der Waals surface area (Å²) in [6, 6.07) is 4.28. The van der Waals surface area contributed by atoms with E-state index >= 15 is 0 Å². The van der Waals surface area contributed by atoms with Crippen LogP contribution in [-0.4, -0.2) is 64.3 Å². The summed E-state index contributed by atoms with van der Waals surface area (Å²) in [4.78, 5) is 17.3. The lowest BCUT2D eigenvalue weighted by molar-refractivity contribution is 0.175. The van der Waals surface area contributed by atoms with Crippen LogP contribution in [0.25, 0.3) is 5.57 Å². The Kier molecular flexibility index (Phi) is 14.5. The van der Waals surface area contributed by atoms with Gasteiger partial charge in [0.25, 0.3) is 0 Å². The van der Waals surface area contributed by atoms with Gasteiger partial charge in [-0.15, -0.1) is 11.3 Å². The highest BCUT2D eigenvalue weighted by Gasteiger charge is 2.16. The van der Waals surface area contributed by atoms with Crippen LogP contribution in [0.2, 0.25) is 0 Å². The Bertz CT molecular complexity index is 1120. The molecule has 0 aliphatic heterocycles. The van der Waals surface area contributed by atoms with E-state index in [0.717, 1.165) is 51.1 Å². The number of allylic oxidation sites excluding steroid dienone is 4. The number of nitrogens with one attached hydrogen (secondary N) is 2. The predicted molar refractivity (Wildman–Crippen MR) is 164 cm³/mol. The minimum Gasteiger partial charge on any atom is -0.383 e. The van der Waals surface area contributed by atoms with Gasteiger partial charge in [0.2, 0.25) is 0 Å². The van der Waals surface area contributed by atoms with E-state index in [2.05, 4.69) is 75.4 Å². The molecule has 0 aromatic carbocycles. The Balaban J connectivity index is 3.19. The number of methoxy groups -OCH3 is 1. The Morgan fingerprint density at radius 1 is 1.16 bits per heavy atom. The average Bonchev–Trinajstić information content (AvgIpc) is 3.37. The molecule has 200 valence electrons. The highest BCUT2D eigenvalue weighted by molar-refractivity contribution is 7.13. The van der Waals surface area contributed by atoms with Crippen molar-refractivity contribution in [1.29, 1.82) is 0 Å². The van der Waals surface area contributed by atoms with Gasteiger partial charge < -0.3 is 20.3 Å². The van der Waals surface area contributed by atoms with Crippen molar-refractivity contribution >= 4 is 34.9 Å². The Hall–Kier alpha value is -3.49. The van der Waals surface area contributed by atoms with E-state index in [1.165, 1.54) is 11.2 Å². The molecule has 0 aliphatic carbocycles. The molecule has 0 amide bonds. The molecule has 1 heterocycles. The third kappa shape index (κ3) is 9.15. The lowest BCUT2D eigenvalue weighted by Crippen LogP contribution is -2.30. The topological polar surface area (TPSA) is 73.6 Å². The number of amidine groups is 2. The average molecular weight is 523 g/mol. The largest absolute Gasteiger partial charge is 0.383 e. The monoisotopic (exact) mass is 522 g/mol. The van der Waals surface area contributed by atoms with E-state index in [-0.39, 0.29) is 0 Å². The number of hydrogen-bond acceptors (Lipinski definition) is 5. The summed E-state index contributed by atoms with van der Waals surface area (Å²) in [5.74, 6) is 1.45. The van der Waals surface area contributed by atoms with E-state index in [1.54, 1.807) is 31.7 Å². The van der Waals surface area contributed by atoms with Crippen molar-refractivity contribution < 1.29 is 4.74 Å².